The number of halogens is 2. The zero-order valence-corrected chi connectivity index (χ0v) is 11.6. The number of nitrogens with two attached hydrogens (primary N) is 1. The Morgan fingerprint density at radius 3 is 2.16 bits per heavy atom. The van der Waals surface area contributed by atoms with E-state index in [9.17, 15) is 13.6 Å². The average molecular weight is 270 g/mol. The van der Waals surface area contributed by atoms with E-state index in [0.29, 0.717) is 0 Å². The summed E-state index contributed by atoms with van der Waals surface area (Å²) < 4.78 is 27.1. The van der Waals surface area contributed by atoms with E-state index in [2.05, 4.69) is 5.32 Å². The highest BCUT2D eigenvalue weighted by atomic mass is 19.1. The van der Waals surface area contributed by atoms with Gasteiger partial charge in [-0.3, -0.25) is 4.79 Å². The van der Waals surface area contributed by atoms with Crippen LogP contribution in [0.4, 0.5) is 8.78 Å². The lowest BCUT2D eigenvalue weighted by Crippen LogP contribution is -2.49. The second-order valence-electron chi connectivity index (χ2n) is 5.71. The van der Waals surface area contributed by atoms with Crippen molar-refractivity contribution in [2.45, 2.75) is 39.8 Å². The molecular formula is C14H20F2N2O. The number of carbonyl (C=O) groups excluding carboxylic acids is 1. The topological polar surface area (TPSA) is 55.1 Å². The number of nitrogens with one attached hydrogen (secondary N) is 1. The highest BCUT2D eigenvalue weighted by Gasteiger charge is 2.29. The molecule has 3 nitrogen and oxygen atoms in total. The fourth-order valence-corrected chi connectivity index (χ4v) is 1.69. The number of rotatable bonds is 3. The van der Waals surface area contributed by atoms with Crippen LogP contribution >= 0.6 is 0 Å². The normalized spacial score (nSPS) is 14.9. The van der Waals surface area contributed by atoms with Gasteiger partial charge in [-0.05, 0) is 24.5 Å². The van der Waals surface area contributed by atoms with Gasteiger partial charge in [0.25, 0.3) is 0 Å². The number of carbonyl (C=O) groups is 1. The van der Waals surface area contributed by atoms with Crippen LogP contribution in [0.5, 0.6) is 0 Å². The van der Waals surface area contributed by atoms with Crippen LogP contribution in [0.15, 0.2) is 18.2 Å². The molecule has 0 fully saturated rings. The summed E-state index contributed by atoms with van der Waals surface area (Å²) in [6.45, 7) is 7.00. The monoisotopic (exact) mass is 270 g/mol. The second-order valence-corrected chi connectivity index (χ2v) is 5.71. The van der Waals surface area contributed by atoms with Crippen molar-refractivity contribution in [1.29, 1.82) is 0 Å². The summed E-state index contributed by atoms with van der Waals surface area (Å²) >= 11 is 0. The van der Waals surface area contributed by atoms with Crippen molar-refractivity contribution in [3.63, 3.8) is 0 Å². The molecular weight excluding hydrogens is 250 g/mol. The minimum absolute atomic E-state index is 0.156. The van der Waals surface area contributed by atoms with Crippen molar-refractivity contribution in [1.82, 2.24) is 5.32 Å². The van der Waals surface area contributed by atoms with Gasteiger partial charge >= 0.3 is 0 Å². The average Bonchev–Trinajstić information content (AvgIpc) is 2.26. The molecule has 1 aromatic rings. The molecule has 106 valence electrons. The lowest BCUT2D eigenvalue weighted by molar-refractivity contribution is -0.125. The Bertz CT molecular complexity index is 449. The van der Waals surface area contributed by atoms with Crippen LogP contribution in [0, 0.1) is 17.0 Å². The van der Waals surface area contributed by atoms with Gasteiger partial charge in [0.15, 0.2) is 0 Å². The molecule has 1 aromatic carbocycles. The van der Waals surface area contributed by atoms with Crippen molar-refractivity contribution in [3.8, 4) is 0 Å². The molecule has 1 amide bonds. The molecule has 3 N–H and O–H groups in total. The zero-order chi connectivity index (χ0) is 14.8. The number of amides is 1. The molecule has 1 rings (SSSR count). The van der Waals surface area contributed by atoms with E-state index in [4.69, 9.17) is 5.73 Å². The van der Waals surface area contributed by atoms with E-state index >= 15 is 0 Å². The molecule has 0 spiro atoms. The first-order chi connectivity index (χ1) is 8.64. The van der Waals surface area contributed by atoms with Crippen LogP contribution in [0.3, 0.4) is 0 Å². The molecule has 0 aliphatic heterocycles. The Morgan fingerprint density at radius 1 is 1.26 bits per heavy atom. The number of hydrogen-bond donors (Lipinski definition) is 2. The standard InChI is InChI=1S/C14H20F2N2O/c1-8(11-9(15)6-5-7-10(11)16)18-13(19)12(17)14(2,3)4/h5-8,12H,17H2,1-4H3,(H,18,19)/t8?,12-/m0/s1. The molecule has 19 heavy (non-hydrogen) atoms. The fourth-order valence-electron chi connectivity index (χ4n) is 1.69. The smallest absolute Gasteiger partial charge is 0.237 e. The highest BCUT2D eigenvalue weighted by molar-refractivity contribution is 5.82. The molecule has 0 radical (unpaired) electrons. The quantitative estimate of drug-likeness (QED) is 0.886. The largest absolute Gasteiger partial charge is 0.348 e. The predicted molar refractivity (Wildman–Crippen MR) is 70.3 cm³/mol. The third-order valence-electron chi connectivity index (χ3n) is 3.01. The Hall–Kier alpha value is -1.49. The summed E-state index contributed by atoms with van der Waals surface area (Å²) in [6, 6.07) is 2.07. The van der Waals surface area contributed by atoms with Crippen molar-refractivity contribution < 1.29 is 13.6 Å². The lowest BCUT2D eigenvalue weighted by Gasteiger charge is -2.27. The Morgan fingerprint density at radius 2 is 1.74 bits per heavy atom. The van der Waals surface area contributed by atoms with Gasteiger partial charge < -0.3 is 11.1 Å². The van der Waals surface area contributed by atoms with Gasteiger partial charge in [-0.25, -0.2) is 8.78 Å². The van der Waals surface area contributed by atoms with Gasteiger partial charge in [0.2, 0.25) is 5.91 Å². The van der Waals surface area contributed by atoms with Gasteiger partial charge in [0, 0.05) is 5.56 Å². The summed E-state index contributed by atoms with van der Waals surface area (Å²) in [7, 11) is 0. The first-order valence-corrected chi connectivity index (χ1v) is 6.14. The van der Waals surface area contributed by atoms with Crippen molar-refractivity contribution >= 4 is 5.91 Å². The Labute approximate surface area is 112 Å². The number of benzene rings is 1. The van der Waals surface area contributed by atoms with Crippen LogP contribution in [0.1, 0.15) is 39.3 Å². The van der Waals surface area contributed by atoms with Crippen molar-refractivity contribution in [2.75, 3.05) is 0 Å². The SMILES string of the molecule is CC(NC(=O)[C@H](N)C(C)(C)C)c1c(F)cccc1F. The Balaban J connectivity index is 2.86. The summed E-state index contributed by atoms with van der Waals surface area (Å²) in [6.07, 6.45) is 0. The maximum Gasteiger partial charge on any atom is 0.237 e. The van der Waals surface area contributed by atoms with Gasteiger partial charge in [-0.15, -0.1) is 0 Å². The predicted octanol–water partition coefficient (Wildman–Crippen LogP) is 2.52. The van der Waals surface area contributed by atoms with E-state index in [-0.39, 0.29) is 5.56 Å². The fraction of sp³-hybridized carbons (Fsp3) is 0.500. The molecule has 0 bridgehead atoms. The molecule has 0 saturated carbocycles. The van der Waals surface area contributed by atoms with Crippen molar-refractivity contribution in [3.05, 3.63) is 35.4 Å². The van der Waals surface area contributed by atoms with E-state index in [0.717, 1.165) is 12.1 Å². The third-order valence-corrected chi connectivity index (χ3v) is 3.01. The minimum Gasteiger partial charge on any atom is -0.348 e. The first kappa shape index (κ1) is 15.6. The second kappa shape index (κ2) is 5.65. The van der Waals surface area contributed by atoms with Gasteiger partial charge in [0.1, 0.15) is 11.6 Å². The van der Waals surface area contributed by atoms with Gasteiger partial charge in [-0.1, -0.05) is 26.8 Å². The van der Waals surface area contributed by atoms with E-state index < -0.39 is 35.0 Å². The van der Waals surface area contributed by atoms with Crippen LogP contribution in [0.2, 0.25) is 0 Å². The zero-order valence-electron chi connectivity index (χ0n) is 11.6. The van der Waals surface area contributed by atoms with E-state index in [1.54, 1.807) is 0 Å². The molecule has 2 atom stereocenters. The molecule has 0 saturated heterocycles. The summed E-state index contributed by atoms with van der Waals surface area (Å²) in [5, 5.41) is 2.54. The molecule has 0 aliphatic carbocycles. The van der Waals surface area contributed by atoms with E-state index in [1.165, 1.54) is 13.0 Å². The maximum absolute atomic E-state index is 13.6. The van der Waals surface area contributed by atoms with Gasteiger partial charge in [0.05, 0.1) is 12.1 Å². The van der Waals surface area contributed by atoms with E-state index in [1.807, 2.05) is 20.8 Å². The lowest BCUT2D eigenvalue weighted by atomic mass is 9.86. The van der Waals surface area contributed by atoms with Crippen LogP contribution in [0.25, 0.3) is 0 Å². The van der Waals surface area contributed by atoms with Crippen LogP contribution in [-0.4, -0.2) is 11.9 Å². The first-order valence-electron chi connectivity index (χ1n) is 6.14. The molecule has 0 aliphatic rings. The van der Waals surface area contributed by atoms with Crippen molar-refractivity contribution in [2.24, 2.45) is 11.1 Å². The van der Waals surface area contributed by atoms with Gasteiger partial charge in [-0.2, -0.15) is 0 Å². The summed E-state index contributed by atoms with van der Waals surface area (Å²) in [5.41, 5.74) is 5.22. The molecule has 0 aromatic heterocycles. The molecule has 5 heteroatoms. The Kier molecular flexibility index (Phi) is 4.63. The summed E-state index contributed by atoms with van der Waals surface area (Å²) in [5.74, 6) is -1.79. The summed E-state index contributed by atoms with van der Waals surface area (Å²) in [4.78, 5) is 11.9. The number of hydrogen-bond acceptors (Lipinski definition) is 2. The third kappa shape index (κ3) is 3.73. The molecule has 0 heterocycles. The molecule has 1 unspecified atom stereocenters. The maximum atomic E-state index is 13.6. The van der Waals surface area contributed by atoms with Crippen LogP contribution in [-0.2, 0) is 4.79 Å². The highest BCUT2D eigenvalue weighted by Crippen LogP contribution is 2.22. The minimum atomic E-state index is -0.776. The van der Waals surface area contributed by atoms with Crippen LogP contribution < -0.4 is 11.1 Å².